The van der Waals surface area contributed by atoms with Crippen molar-refractivity contribution < 1.29 is 19.1 Å². The van der Waals surface area contributed by atoms with Crippen LogP contribution in [0.1, 0.15) is 48.9 Å². The second-order valence-corrected chi connectivity index (χ2v) is 11.2. The van der Waals surface area contributed by atoms with Gasteiger partial charge in [-0.05, 0) is 62.9 Å². The largest absolute Gasteiger partial charge is 0.497 e. The van der Waals surface area contributed by atoms with Crippen molar-refractivity contribution in [3.8, 4) is 11.8 Å². The van der Waals surface area contributed by atoms with E-state index in [1.54, 1.807) is 36.5 Å². The Balaban J connectivity index is 1.71. The van der Waals surface area contributed by atoms with Gasteiger partial charge in [0.1, 0.15) is 27.5 Å². The van der Waals surface area contributed by atoms with E-state index in [-0.39, 0.29) is 28.9 Å². The molecule has 2 aliphatic rings. The Morgan fingerprint density at radius 1 is 1.20 bits per heavy atom. The molecule has 0 aliphatic carbocycles. The van der Waals surface area contributed by atoms with Crippen LogP contribution in [0.4, 0.5) is 5.82 Å². The van der Waals surface area contributed by atoms with Crippen molar-refractivity contribution in [2.75, 3.05) is 31.7 Å². The lowest BCUT2D eigenvalue weighted by molar-refractivity contribution is -0.148. The van der Waals surface area contributed by atoms with Crippen LogP contribution in [-0.4, -0.2) is 52.5 Å². The number of aromatic nitrogens is 1. The van der Waals surface area contributed by atoms with Gasteiger partial charge in [0.05, 0.1) is 31.1 Å². The third kappa shape index (κ3) is 5.78. The molecular weight excluding hydrogens is 548 g/mol. The van der Waals surface area contributed by atoms with Gasteiger partial charge in [0.2, 0.25) is 0 Å². The van der Waals surface area contributed by atoms with Crippen molar-refractivity contribution in [2.45, 2.75) is 46.7 Å². The zero-order chi connectivity index (χ0) is 29.0. The van der Waals surface area contributed by atoms with Gasteiger partial charge >= 0.3 is 5.97 Å². The standard InChI is InChI=1S/C29H32N4O5S2/c1-5-32-25(31-13-11-20(12-14-31)28(36)38-6-2)22(18(3)23(16-30)26(32)34)15-24-27(35)33(29(39)40-24)17-19-7-9-21(37-4)10-8-19/h7-10,15,20H,5-6,11-14,17H2,1-4H3/b24-15-. The lowest BCUT2D eigenvalue weighted by Gasteiger charge is -2.35. The summed E-state index contributed by atoms with van der Waals surface area (Å²) in [5, 5.41) is 9.83. The van der Waals surface area contributed by atoms with Crippen LogP contribution in [0.2, 0.25) is 0 Å². The summed E-state index contributed by atoms with van der Waals surface area (Å²) in [6.45, 7) is 7.45. The molecule has 0 saturated carbocycles. The van der Waals surface area contributed by atoms with Crippen LogP contribution in [0.15, 0.2) is 34.0 Å². The van der Waals surface area contributed by atoms with Gasteiger partial charge in [0.15, 0.2) is 0 Å². The highest BCUT2D eigenvalue weighted by Crippen LogP contribution is 2.37. The summed E-state index contributed by atoms with van der Waals surface area (Å²) in [7, 11) is 1.60. The third-order valence-electron chi connectivity index (χ3n) is 7.23. The van der Waals surface area contributed by atoms with E-state index in [0.29, 0.717) is 71.8 Å². The molecule has 3 heterocycles. The Hall–Kier alpha value is -3.62. The number of ether oxygens (including phenoxy) is 2. The fourth-order valence-corrected chi connectivity index (χ4v) is 6.28. The molecular formula is C29H32N4O5S2. The second kappa shape index (κ2) is 12.7. The van der Waals surface area contributed by atoms with Crippen LogP contribution < -0.4 is 15.2 Å². The molecule has 2 aromatic rings. The Morgan fingerprint density at radius 3 is 2.45 bits per heavy atom. The summed E-state index contributed by atoms with van der Waals surface area (Å²) in [4.78, 5) is 43.2. The number of methoxy groups -OCH3 is 1. The van der Waals surface area contributed by atoms with Gasteiger partial charge in [-0.25, -0.2) is 0 Å². The molecule has 0 unspecified atom stereocenters. The number of benzene rings is 1. The number of carbonyl (C=O) groups excluding carboxylic acids is 2. The molecule has 4 rings (SSSR count). The molecule has 1 amide bonds. The number of thioether (sulfide) groups is 1. The number of rotatable bonds is 8. The zero-order valence-electron chi connectivity index (χ0n) is 23.1. The van der Waals surface area contributed by atoms with Gasteiger partial charge < -0.3 is 14.4 Å². The molecule has 0 bridgehead atoms. The number of hydrogen-bond acceptors (Lipinski definition) is 9. The van der Waals surface area contributed by atoms with Crippen LogP contribution in [0.3, 0.4) is 0 Å². The first kappa shape index (κ1) is 29.4. The fraction of sp³-hybridized carbons (Fsp3) is 0.414. The zero-order valence-corrected chi connectivity index (χ0v) is 24.7. The monoisotopic (exact) mass is 580 g/mol. The molecule has 210 valence electrons. The number of nitrogens with zero attached hydrogens (tertiary/aromatic N) is 4. The van der Waals surface area contributed by atoms with Crippen molar-refractivity contribution in [1.82, 2.24) is 9.47 Å². The lowest BCUT2D eigenvalue weighted by Crippen LogP contribution is -2.41. The van der Waals surface area contributed by atoms with E-state index < -0.39 is 0 Å². The van der Waals surface area contributed by atoms with Crippen molar-refractivity contribution in [2.24, 2.45) is 5.92 Å². The number of pyridine rings is 1. The van der Waals surface area contributed by atoms with Crippen LogP contribution in [0.5, 0.6) is 5.75 Å². The molecule has 2 aliphatic heterocycles. The molecule has 1 aromatic heterocycles. The molecule has 2 saturated heterocycles. The van der Waals surface area contributed by atoms with Gasteiger partial charge in [-0.15, -0.1) is 0 Å². The maximum absolute atomic E-state index is 13.5. The number of amides is 1. The average molecular weight is 581 g/mol. The van der Waals surface area contributed by atoms with E-state index in [9.17, 15) is 19.6 Å². The molecule has 9 nitrogen and oxygen atoms in total. The first-order chi connectivity index (χ1) is 19.2. The number of anilines is 1. The Morgan fingerprint density at radius 2 is 1.88 bits per heavy atom. The van der Waals surface area contributed by atoms with Gasteiger partial charge in [0, 0.05) is 25.2 Å². The van der Waals surface area contributed by atoms with Crippen molar-refractivity contribution in [1.29, 1.82) is 5.26 Å². The average Bonchev–Trinajstić information content (AvgIpc) is 3.22. The molecule has 11 heteroatoms. The summed E-state index contributed by atoms with van der Waals surface area (Å²) in [5.41, 5.74) is 1.74. The number of thiocarbonyl (C=S) groups is 1. The molecule has 40 heavy (non-hydrogen) atoms. The van der Waals surface area contributed by atoms with Gasteiger partial charge in [-0.3, -0.25) is 23.9 Å². The van der Waals surface area contributed by atoms with Crippen molar-refractivity contribution in [3.63, 3.8) is 0 Å². The minimum Gasteiger partial charge on any atom is -0.497 e. The van der Waals surface area contributed by atoms with E-state index in [1.165, 1.54) is 11.8 Å². The van der Waals surface area contributed by atoms with Gasteiger partial charge in [-0.1, -0.05) is 36.1 Å². The quantitative estimate of drug-likeness (QED) is 0.258. The molecule has 0 atom stereocenters. The first-order valence-corrected chi connectivity index (χ1v) is 14.4. The summed E-state index contributed by atoms with van der Waals surface area (Å²) < 4.78 is 12.5. The Labute approximate surface area is 243 Å². The molecule has 1 aromatic carbocycles. The van der Waals surface area contributed by atoms with E-state index in [4.69, 9.17) is 21.7 Å². The Kier molecular flexibility index (Phi) is 9.32. The van der Waals surface area contributed by atoms with Crippen LogP contribution >= 0.6 is 24.0 Å². The highest BCUT2D eigenvalue weighted by atomic mass is 32.2. The normalized spacial score (nSPS) is 16.9. The number of hydrogen-bond donors (Lipinski definition) is 0. The van der Waals surface area contributed by atoms with E-state index in [1.807, 2.05) is 31.2 Å². The summed E-state index contributed by atoms with van der Waals surface area (Å²) in [5.74, 6) is 0.737. The summed E-state index contributed by atoms with van der Waals surface area (Å²) in [6.07, 6.45) is 2.92. The first-order valence-electron chi connectivity index (χ1n) is 13.2. The van der Waals surface area contributed by atoms with Crippen molar-refractivity contribution in [3.05, 3.63) is 61.8 Å². The highest BCUT2D eigenvalue weighted by Gasteiger charge is 2.34. The number of carbonyl (C=O) groups is 2. The third-order valence-corrected chi connectivity index (χ3v) is 8.60. The number of esters is 1. The van der Waals surface area contributed by atoms with E-state index in [2.05, 4.69) is 11.0 Å². The number of nitriles is 1. The predicted molar refractivity (Wildman–Crippen MR) is 159 cm³/mol. The predicted octanol–water partition coefficient (Wildman–Crippen LogP) is 4.24. The van der Waals surface area contributed by atoms with Gasteiger partial charge in [-0.2, -0.15) is 5.26 Å². The number of piperidine rings is 1. The molecule has 0 radical (unpaired) electrons. The molecule has 0 spiro atoms. The maximum atomic E-state index is 13.5. The smallest absolute Gasteiger partial charge is 0.309 e. The molecule has 0 N–H and O–H groups in total. The Bertz CT molecular complexity index is 1450. The minimum absolute atomic E-state index is 0.0481. The van der Waals surface area contributed by atoms with Crippen LogP contribution in [0.25, 0.3) is 6.08 Å². The summed E-state index contributed by atoms with van der Waals surface area (Å²) in [6, 6.07) is 9.51. The van der Waals surface area contributed by atoms with Crippen LogP contribution in [-0.2, 0) is 27.4 Å². The fourth-order valence-electron chi connectivity index (χ4n) is 5.05. The SMILES string of the molecule is CCOC(=O)C1CCN(c2c(/C=C3\SC(=S)N(Cc4ccc(OC)cc4)C3=O)c(C)c(C#N)c(=O)n2CC)CC1. The van der Waals surface area contributed by atoms with E-state index in [0.717, 1.165) is 11.3 Å². The molecule has 2 fully saturated rings. The lowest BCUT2D eigenvalue weighted by atomic mass is 9.95. The van der Waals surface area contributed by atoms with Gasteiger partial charge in [0.25, 0.3) is 11.5 Å². The summed E-state index contributed by atoms with van der Waals surface area (Å²) >= 11 is 6.77. The minimum atomic E-state index is -0.366. The van der Waals surface area contributed by atoms with Crippen molar-refractivity contribution >= 4 is 52.1 Å². The van der Waals surface area contributed by atoms with Crippen LogP contribution in [0, 0.1) is 24.2 Å². The van der Waals surface area contributed by atoms with E-state index >= 15 is 0 Å². The topological polar surface area (TPSA) is 105 Å². The maximum Gasteiger partial charge on any atom is 0.309 e. The highest BCUT2D eigenvalue weighted by molar-refractivity contribution is 8.26. The second-order valence-electron chi connectivity index (χ2n) is 9.53.